The molecule has 0 atom stereocenters. The molecular weight excluding hydrogens is 432 g/mol. The topological polar surface area (TPSA) is 55.3 Å². The smallest absolute Gasteiger partial charge is 0.257 e. The van der Waals surface area contributed by atoms with E-state index in [2.05, 4.69) is 10.2 Å². The van der Waals surface area contributed by atoms with Crippen molar-refractivity contribution in [1.82, 2.24) is 15.1 Å². The molecule has 0 spiro atoms. The number of rotatable bonds is 4. The second kappa shape index (κ2) is 8.65. The lowest BCUT2D eigenvalue weighted by Gasteiger charge is -2.31. The molecule has 1 aliphatic heterocycles. The number of aromatic nitrogens is 2. The molecule has 1 saturated heterocycles. The third-order valence-electron chi connectivity index (χ3n) is 5.13. The Morgan fingerprint density at radius 1 is 1.17 bits per heavy atom. The number of hydrogen-bond acceptors (Lipinski definition) is 5. The van der Waals surface area contributed by atoms with Crippen LogP contribution in [0.1, 0.15) is 34.1 Å². The molecule has 3 aromatic rings. The minimum atomic E-state index is -0.659. The van der Waals surface area contributed by atoms with E-state index in [1.807, 2.05) is 0 Å². The maximum absolute atomic E-state index is 14.0. The summed E-state index contributed by atoms with van der Waals surface area (Å²) in [6.45, 7) is 1.11. The number of carbonyl (C=O) groups is 1. The van der Waals surface area contributed by atoms with Gasteiger partial charge in [0, 0.05) is 35.7 Å². The highest BCUT2D eigenvalue weighted by Crippen LogP contribution is 2.35. The van der Waals surface area contributed by atoms with Gasteiger partial charge < -0.3 is 9.64 Å². The second-order valence-corrected chi connectivity index (χ2v) is 8.43. The van der Waals surface area contributed by atoms with E-state index in [4.69, 9.17) is 16.3 Å². The number of benzene rings is 2. The van der Waals surface area contributed by atoms with Crippen LogP contribution in [0.5, 0.6) is 5.75 Å². The molecule has 2 aromatic carbocycles. The highest BCUT2D eigenvalue weighted by molar-refractivity contribution is 7.14. The summed E-state index contributed by atoms with van der Waals surface area (Å²) in [5.41, 5.74) is 0.675. The molecule has 1 aliphatic rings. The zero-order valence-electron chi connectivity index (χ0n) is 16.1. The van der Waals surface area contributed by atoms with Crippen LogP contribution in [0.3, 0.4) is 0 Å². The van der Waals surface area contributed by atoms with Gasteiger partial charge in [-0.3, -0.25) is 4.79 Å². The van der Waals surface area contributed by atoms with Gasteiger partial charge in [-0.05, 0) is 43.2 Å². The number of methoxy groups -OCH3 is 1. The summed E-state index contributed by atoms with van der Waals surface area (Å²) >= 11 is 7.35. The van der Waals surface area contributed by atoms with Gasteiger partial charge in [0.25, 0.3) is 5.91 Å². The molecule has 4 rings (SSSR count). The number of nitrogens with zero attached hydrogens (tertiary/aromatic N) is 3. The first kappa shape index (κ1) is 20.7. The SMILES string of the molecule is COc1ccc(Cl)cc1C(=O)N1CCC(c2nnc(-c3ccc(F)cc3F)s2)CC1. The van der Waals surface area contributed by atoms with Crippen molar-refractivity contribution in [2.24, 2.45) is 0 Å². The van der Waals surface area contributed by atoms with Crippen LogP contribution in [-0.2, 0) is 0 Å². The van der Waals surface area contributed by atoms with Crippen LogP contribution in [0, 0.1) is 11.6 Å². The van der Waals surface area contributed by atoms with Crippen LogP contribution < -0.4 is 4.74 Å². The number of ether oxygens (including phenoxy) is 1. The van der Waals surface area contributed by atoms with Gasteiger partial charge in [-0.1, -0.05) is 22.9 Å². The zero-order valence-corrected chi connectivity index (χ0v) is 17.6. The van der Waals surface area contributed by atoms with E-state index in [1.54, 1.807) is 23.1 Å². The van der Waals surface area contributed by atoms with E-state index in [-0.39, 0.29) is 17.4 Å². The minimum Gasteiger partial charge on any atom is -0.496 e. The molecule has 0 aliphatic carbocycles. The van der Waals surface area contributed by atoms with Gasteiger partial charge in [0.1, 0.15) is 22.4 Å². The second-order valence-electron chi connectivity index (χ2n) is 6.98. The Labute approximate surface area is 181 Å². The Bertz CT molecular complexity index is 1080. The fourth-order valence-corrected chi connectivity index (χ4v) is 4.73. The maximum Gasteiger partial charge on any atom is 0.257 e. The third kappa shape index (κ3) is 4.15. The highest BCUT2D eigenvalue weighted by atomic mass is 35.5. The molecule has 0 radical (unpaired) electrons. The van der Waals surface area contributed by atoms with E-state index in [0.717, 1.165) is 23.9 Å². The van der Waals surface area contributed by atoms with E-state index in [0.29, 0.717) is 34.4 Å². The molecule has 30 heavy (non-hydrogen) atoms. The number of piperidine rings is 1. The van der Waals surface area contributed by atoms with Crippen LogP contribution in [0.15, 0.2) is 36.4 Å². The van der Waals surface area contributed by atoms with Crippen LogP contribution in [0.25, 0.3) is 10.6 Å². The fourth-order valence-electron chi connectivity index (χ4n) is 3.52. The van der Waals surface area contributed by atoms with Crippen LogP contribution >= 0.6 is 22.9 Å². The van der Waals surface area contributed by atoms with Crippen molar-refractivity contribution in [3.63, 3.8) is 0 Å². The first-order valence-corrected chi connectivity index (χ1v) is 10.6. The van der Waals surface area contributed by atoms with Gasteiger partial charge >= 0.3 is 0 Å². The number of carbonyl (C=O) groups excluding carboxylic acids is 1. The van der Waals surface area contributed by atoms with Crippen molar-refractivity contribution >= 4 is 28.8 Å². The van der Waals surface area contributed by atoms with Crippen LogP contribution in [0.4, 0.5) is 8.78 Å². The summed E-state index contributed by atoms with van der Waals surface area (Å²) < 4.78 is 32.4. The molecule has 0 unspecified atom stereocenters. The Hall–Kier alpha value is -2.58. The highest BCUT2D eigenvalue weighted by Gasteiger charge is 2.28. The fraction of sp³-hybridized carbons (Fsp3) is 0.286. The summed E-state index contributed by atoms with van der Waals surface area (Å²) in [6, 6.07) is 8.38. The number of halogens is 3. The molecule has 1 amide bonds. The minimum absolute atomic E-state index is 0.126. The van der Waals surface area contributed by atoms with Crippen molar-refractivity contribution in [2.75, 3.05) is 20.2 Å². The first-order valence-electron chi connectivity index (χ1n) is 9.38. The normalized spacial score (nSPS) is 14.7. The average Bonchev–Trinajstić information content (AvgIpc) is 3.23. The molecule has 9 heteroatoms. The van der Waals surface area contributed by atoms with Gasteiger partial charge in [0.15, 0.2) is 5.01 Å². The largest absolute Gasteiger partial charge is 0.496 e. The molecule has 5 nitrogen and oxygen atoms in total. The maximum atomic E-state index is 14.0. The molecule has 0 N–H and O–H groups in total. The van der Waals surface area contributed by atoms with E-state index in [1.165, 1.54) is 30.6 Å². The molecule has 1 aromatic heterocycles. The van der Waals surface area contributed by atoms with E-state index < -0.39 is 11.6 Å². The first-order chi connectivity index (χ1) is 14.5. The quantitative estimate of drug-likeness (QED) is 0.551. The lowest BCUT2D eigenvalue weighted by atomic mass is 9.97. The summed E-state index contributed by atoms with van der Waals surface area (Å²) in [6.07, 6.45) is 1.43. The van der Waals surface area contributed by atoms with Gasteiger partial charge in [0.2, 0.25) is 0 Å². The Morgan fingerprint density at radius 2 is 1.93 bits per heavy atom. The van der Waals surface area contributed by atoms with Crippen LogP contribution in [-0.4, -0.2) is 41.2 Å². The third-order valence-corrected chi connectivity index (χ3v) is 6.48. The number of amides is 1. The monoisotopic (exact) mass is 449 g/mol. The standard InChI is InChI=1S/C21H18ClF2N3O2S/c1-29-18-5-2-13(22)10-16(18)21(28)27-8-6-12(7-9-27)19-25-26-20(30-19)15-4-3-14(23)11-17(15)24/h2-5,10-12H,6-9H2,1H3. The molecule has 0 saturated carbocycles. The molecule has 156 valence electrons. The van der Waals surface area contributed by atoms with Crippen molar-refractivity contribution < 1.29 is 18.3 Å². The lowest BCUT2D eigenvalue weighted by molar-refractivity contribution is 0.0709. The molecular formula is C21H18ClF2N3O2S. The predicted molar refractivity (Wildman–Crippen MR) is 111 cm³/mol. The summed E-state index contributed by atoms with van der Waals surface area (Å²) in [5.74, 6) is -0.797. The van der Waals surface area contributed by atoms with Crippen molar-refractivity contribution in [2.45, 2.75) is 18.8 Å². The zero-order chi connectivity index (χ0) is 21.3. The van der Waals surface area contributed by atoms with Gasteiger partial charge in [-0.25, -0.2) is 8.78 Å². The van der Waals surface area contributed by atoms with Gasteiger partial charge in [-0.15, -0.1) is 10.2 Å². The van der Waals surface area contributed by atoms with E-state index in [9.17, 15) is 13.6 Å². The van der Waals surface area contributed by atoms with Crippen molar-refractivity contribution in [3.8, 4) is 16.3 Å². The van der Waals surface area contributed by atoms with Gasteiger partial charge in [-0.2, -0.15) is 0 Å². The molecule has 0 bridgehead atoms. The summed E-state index contributed by atoms with van der Waals surface area (Å²) in [5, 5.41) is 9.98. The Kier molecular flexibility index (Phi) is 5.97. The van der Waals surface area contributed by atoms with Crippen molar-refractivity contribution in [1.29, 1.82) is 0 Å². The van der Waals surface area contributed by atoms with Crippen LogP contribution in [0.2, 0.25) is 5.02 Å². The molecule has 1 fully saturated rings. The number of hydrogen-bond donors (Lipinski definition) is 0. The summed E-state index contributed by atoms with van der Waals surface area (Å²) in [4.78, 5) is 14.7. The van der Waals surface area contributed by atoms with E-state index >= 15 is 0 Å². The predicted octanol–water partition coefficient (Wildman–Crippen LogP) is 5.17. The Balaban J connectivity index is 1.45. The number of likely N-dealkylation sites (tertiary alicyclic amines) is 1. The molecule has 2 heterocycles. The van der Waals surface area contributed by atoms with Gasteiger partial charge in [0.05, 0.1) is 12.7 Å². The lowest BCUT2D eigenvalue weighted by Crippen LogP contribution is -2.38. The summed E-state index contributed by atoms with van der Waals surface area (Å²) in [7, 11) is 1.52. The Morgan fingerprint density at radius 3 is 2.63 bits per heavy atom. The van der Waals surface area contributed by atoms with Crippen molar-refractivity contribution in [3.05, 3.63) is 63.6 Å². The average molecular weight is 450 g/mol.